The summed E-state index contributed by atoms with van der Waals surface area (Å²) in [4.78, 5) is 0. The lowest BCUT2D eigenvalue weighted by Gasteiger charge is -2.41. The van der Waals surface area contributed by atoms with E-state index in [2.05, 4.69) is 15.8 Å². The van der Waals surface area contributed by atoms with Crippen molar-refractivity contribution in [1.29, 1.82) is 0 Å². The fourth-order valence-electron chi connectivity index (χ4n) is 4.10. The van der Waals surface area contributed by atoms with E-state index in [0.29, 0.717) is 22.3 Å². The van der Waals surface area contributed by atoms with Gasteiger partial charge in [0, 0.05) is 17.7 Å². The van der Waals surface area contributed by atoms with E-state index >= 15 is 0 Å². The molecule has 1 saturated carbocycles. The highest BCUT2D eigenvalue weighted by atomic mass is 35.5. The van der Waals surface area contributed by atoms with E-state index in [1.807, 2.05) is 12.1 Å². The molecule has 1 aliphatic heterocycles. The molecule has 1 spiro atoms. The average Bonchev–Trinajstić information content (AvgIpc) is 2.73. The van der Waals surface area contributed by atoms with Crippen LogP contribution in [0.25, 0.3) is 0 Å². The maximum absolute atomic E-state index is 9.96. The van der Waals surface area contributed by atoms with Crippen LogP contribution in [0.3, 0.4) is 0 Å². The molecular weight excluding hydrogens is 422 g/mol. The van der Waals surface area contributed by atoms with Crippen LogP contribution in [-0.2, 0) is 0 Å². The van der Waals surface area contributed by atoms with E-state index in [-0.39, 0.29) is 11.4 Å². The number of methoxy groups -OCH3 is 1. The Morgan fingerprint density at radius 1 is 1.20 bits per heavy atom. The lowest BCUT2D eigenvalue weighted by atomic mass is 9.78. The number of phenolic OH excluding ortho intramolecular Hbond substituents is 1. The molecule has 2 aromatic rings. The molecule has 0 unspecified atom stereocenters. The number of anilines is 1. The third-order valence-corrected chi connectivity index (χ3v) is 6.05. The smallest absolute Gasteiger partial charge is 0.191 e. The van der Waals surface area contributed by atoms with Crippen molar-refractivity contribution in [2.75, 3.05) is 12.4 Å². The Kier molecular flexibility index (Phi) is 6.01. The minimum Gasteiger partial charge on any atom is -0.508 e. The average molecular weight is 446 g/mol. The molecule has 8 heteroatoms. The molecule has 0 radical (unpaired) electrons. The van der Waals surface area contributed by atoms with E-state index in [1.54, 1.807) is 31.4 Å². The number of fused-ring (bicyclic) bond motifs is 1. The number of rotatable bonds is 3. The van der Waals surface area contributed by atoms with Crippen LogP contribution in [0.4, 0.5) is 5.69 Å². The van der Waals surface area contributed by atoms with Gasteiger partial charge in [0.25, 0.3) is 0 Å². The predicted molar refractivity (Wildman–Crippen MR) is 123 cm³/mol. The van der Waals surface area contributed by atoms with Gasteiger partial charge < -0.3 is 19.9 Å². The van der Waals surface area contributed by atoms with E-state index in [9.17, 15) is 5.11 Å². The molecular formula is C22H24ClN3O3S. The highest BCUT2D eigenvalue weighted by Crippen LogP contribution is 2.42. The summed E-state index contributed by atoms with van der Waals surface area (Å²) in [5, 5.41) is 18.4. The number of nitrogens with zero attached hydrogens (tertiary/aromatic N) is 1. The minimum absolute atomic E-state index is 0.179. The highest BCUT2D eigenvalue weighted by molar-refractivity contribution is 7.80. The van der Waals surface area contributed by atoms with Crippen LogP contribution in [0, 0.1) is 0 Å². The van der Waals surface area contributed by atoms with E-state index in [4.69, 9.17) is 33.3 Å². The number of ether oxygens (including phenoxy) is 2. The maximum Gasteiger partial charge on any atom is 0.191 e. The second-order valence-corrected chi connectivity index (χ2v) is 8.49. The molecule has 0 saturated heterocycles. The van der Waals surface area contributed by atoms with Crippen molar-refractivity contribution in [3.05, 3.63) is 47.0 Å². The number of aromatic hydroxyl groups is 1. The van der Waals surface area contributed by atoms with Crippen LogP contribution in [0.2, 0.25) is 5.02 Å². The zero-order valence-electron chi connectivity index (χ0n) is 16.7. The molecule has 4 rings (SSSR count). The normalized spacial score (nSPS) is 18.4. The Hall–Kier alpha value is -2.51. The molecule has 30 heavy (non-hydrogen) atoms. The largest absolute Gasteiger partial charge is 0.508 e. The van der Waals surface area contributed by atoms with E-state index in [1.165, 1.54) is 6.42 Å². The summed E-state index contributed by atoms with van der Waals surface area (Å²) in [6, 6.07) is 10.5. The summed E-state index contributed by atoms with van der Waals surface area (Å²) in [6.07, 6.45) is 6.20. The van der Waals surface area contributed by atoms with Gasteiger partial charge in [-0.15, -0.1) is 0 Å². The minimum atomic E-state index is -0.235. The summed E-state index contributed by atoms with van der Waals surface area (Å²) in [5.41, 5.74) is 5.03. The van der Waals surface area contributed by atoms with Gasteiger partial charge >= 0.3 is 0 Å². The summed E-state index contributed by atoms with van der Waals surface area (Å²) < 4.78 is 11.6. The van der Waals surface area contributed by atoms with Crippen molar-refractivity contribution < 1.29 is 14.6 Å². The van der Waals surface area contributed by atoms with Crippen molar-refractivity contribution in [2.24, 2.45) is 5.10 Å². The van der Waals surface area contributed by atoms with Crippen LogP contribution in [0.1, 0.15) is 44.1 Å². The second-order valence-electron chi connectivity index (χ2n) is 7.68. The first-order chi connectivity index (χ1) is 14.5. The summed E-state index contributed by atoms with van der Waals surface area (Å²) in [7, 11) is 1.57. The quantitative estimate of drug-likeness (QED) is 0.443. The topological polar surface area (TPSA) is 75.1 Å². The zero-order chi connectivity index (χ0) is 21.1. The third-order valence-electron chi connectivity index (χ3n) is 5.56. The molecule has 3 N–H and O–H groups in total. The fourth-order valence-corrected chi connectivity index (χ4v) is 4.52. The van der Waals surface area contributed by atoms with Gasteiger partial charge in [0.05, 0.1) is 17.8 Å². The van der Waals surface area contributed by atoms with Gasteiger partial charge in [-0.25, -0.2) is 0 Å². The van der Waals surface area contributed by atoms with Crippen LogP contribution in [0.5, 0.6) is 17.2 Å². The zero-order valence-corrected chi connectivity index (χ0v) is 18.3. The van der Waals surface area contributed by atoms with Gasteiger partial charge in [-0.05, 0) is 74.3 Å². The van der Waals surface area contributed by atoms with Crippen LogP contribution < -0.4 is 20.2 Å². The number of hydrogen-bond donors (Lipinski definition) is 3. The molecule has 0 amide bonds. The molecule has 2 aromatic carbocycles. The van der Waals surface area contributed by atoms with E-state index in [0.717, 1.165) is 48.4 Å². The van der Waals surface area contributed by atoms with E-state index < -0.39 is 0 Å². The lowest BCUT2D eigenvalue weighted by molar-refractivity contribution is 0.0320. The Morgan fingerprint density at radius 2 is 2.00 bits per heavy atom. The van der Waals surface area contributed by atoms with Gasteiger partial charge in [-0.3, -0.25) is 5.43 Å². The first-order valence-electron chi connectivity index (χ1n) is 9.97. The monoisotopic (exact) mass is 445 g/mol. The van der Waals surface area contributed by atoms with Gasteiger partial charge in [-0.1, -0.05) is 18.0 Å². The Bertz CT molecular complexity index is 990. The number of benzene rings is 2. The SMILES string of the molecule is COc1ccc(NC(=S)N/N=C2\CC3(CCCCC3)Oc3ccc(O)cc32)cc1Cl. The number of phenols is 1. The first-order valence-corrected chi connectivity index (χ1v) is 10.8. The second kappa shape index (κ2) is 8.70. The molecule has 0 atom stereocenters. The van der Waals surface area contributed by atoms with Gasteiger partial charge in [-0.2, -0.15) is 5.10 Å². The molecule has 1 heterocycles. The molecule has 158 valence electrons. The van der Waals surface area contributed by atoms with Gasteiger partial charge in [0.1, 0.15) is 22.8 Å². The Morgan fingerprint density at radius 3 is 2.73 bits per heavy atom. The lowest BCUT2D eigenvalue weighted by Crippen LogP contribution is -2.44. The van der Waals surface area contributed by atoms with Crippen molar-refractivity contribution in [3.8, 4) is 17.2 Å². The molecule has 0 bridgehead atoms. The Balaban J connectivity index is 1.53. The van der Waals surface area contributed by atoms with Crippen LogP contribution in [0.15, 0.2) is 41.5 Å². The van der Waals surface area contributed by atoms with Crippen molar-refractivity contribution in [2.45, 2.75) is 44.1 Å². The number of hydrogen-bond acceptors (Lipinski definition) is 5. The third kappa shape index (κ3) is 4.47. The van der Waals surface area contributed by atoms with Crippen molar-refractivity contribution in [3.63, 3.8) is 0 Å². The standard InChI is InChI=1S/C22H24ClN3O3S/c1-28-20-7-5-14(11-17(20)23)24-21(30)26-25-18-13-22(9-3-2-4-10-22)29-19-8-6-15(27)12-16(18)19/h5-8,11-12,27H,2-4,9-10,13H2,1H3,(H2,24,26,30)/b25-18+. The summed E-state index contributed by atoms with van der Waals surface area (Å²) in [5.74, 6) is 1.53. The van der Waals surface area contributed by atoms with Gasteiger partial charge in [0.2, 0.25) is 0 Å². The number of halogens is 1. The molecule has 0 aromatic heterocycles. The molecule has 1 aliphatic carbocycles. The summed E-state index contributed by atoms with van der Waals surface area (Å²) >= 11 is 11.6. The summed E-state index contributed by atoms with van der Waals surface area (Å²) in [6.45, 7) is 0. The number of hydrazone groups is 1. The predicted octanol–water partition coefficient (Wildman–Crippen LogP) is 5.23. The van der Waals surface area contributed by atoms with Crippen molar-refractivity contribution in [1.82, 2.24) is 5.43 Å². The highest BCUT2D eigenvalue weighted by Gasteiger charge is 2.40. The Labute approximate surface area is 186 Å². The molecule has 1 fully saturated rings. The first kappa shape index (κ1) is 20.8. The number of nitrogens with one attached hydrogen (secondary N) is 2. The maximum atomic E-state index is 9.96. The van der Waals surface area contributed by atoms with Gasteiger partial charge in [0.15, 0.2) is 5.11 Å². The van der Waals surface area contributed by atoms with Crippen LogP contribution in [-0.4, -0.2) is 28.6 Å². The fraction of sp³-hybridized carbons (Fsp3) is 0.364. The molecule has 6 nitrogen and oxygen atoms in total. The van der Waals surface area contributed by atoms with Crippen molar-refractivity contribution >= 4 is 40.3 Å². The molecule has 2 aliphatic rings. The number of thiocarbonyl (C=S) groups is 1. The van der Waals surface area contributed by atoms with Crippen LogP contribution >= 0.6 is 23.8 Å².